The van der Waals surface area contributed by atoms with Gasteiger partial charge in [-0.3, -0.25) is 0 Å². The average Bonchev–Trinajstić information content (AvgIpc) is 2.77. The van der Waals surface area contributed by atoms with E-state index in [2.05, 4.69) is 89.8 Å². The summed E-state index contributed by atoms with van der Waals surface area (Å²) in [6.07, 6.45) is 3.14. The second kappa shape index (κ2) is 9.07. The fraction of sp³-hybridized carbons (Fsp3) is 0.308. The van der Waals surface area contributed by atoms with Gasteiger partial charge >= 0.3 is 0 Å². The van der Waals surface area contributed by atoms with Crippen LogP contribution in [0.2, 0.25) is 0 Å². The van der Waals surface area contributed by atoms with Crippen LogP contribution in [0.5, 0.6) is 0 Å². The van der Waals surface area contributed by atoms with Crippen LogP contribution in [0.25, 0.3) is 0 Å². The number of piperidine rings is 1. The molecule has 1 fully saturated rings. The zero-order chi connectivity index (χ0) is 19.2. The van der Waals surface area contributed by atoms with E-state index in [0.29, 0.717) is 11.8 Å². The van der Waals surface area contributed by atoms with E-state index in [1.54, 1.807) is 0 Å². The predicted molar refractivity (Wildman–Crippen MR) is 117 cm³/mol. The lowest BCUT2D eigenvalue weighted by molar-refractivity contribution is 0.299. The smallest absolute Gasteiger partial charge is 0.0471 e. The van der Waals surface area contributed by atoms with Crippen LogP contribution in [0.15, 0.2) is 84.9 Å². The Kier molecular flexibility index (Phi) is 6.08. The Balaban J connectivity index is 1.49. The molecule has 0 aromatic heterocycles. The number of aliphatic hydroxyl groups is 1. The van der Waals surface area contributed by atoms with E-state index in [0.717, 1.165) is 19.5 Å². The van der Waals surface area contributed by atoms with Gasteiger partial charge in [-0.25, -0.2) is 0 Å². The van der Waals surface area contributed by atoms with E-state index in [1.807, 2.05) is 0 Å². The molecule has 2 heteroatoms. The minimum atomic E-state index is 0.213. The molecule has 0 bridgehead atoms. The van der Waals surface area contributed by atoms with Crippen molar-refractivity contribution in [3.63, 3.8) is 0 Å². The van der Waals surface area contributed by atoms with Crippen LogP contribution >= 0.6 is 0 Å². The SMILES string of the molecule is OCCc1ccc(N2CCC(C(c3ccccc3)c3ccccc3)CC2)cc1. The first-order chi connectivity index (χ1) is 13.8. The molecular weight excluding hydrogens is 342 g/mol. The standard InChI is InChI=1S/C26H29NO/c28-20-17-21-11-13-25(14-12-21)27-18-15-24(16-19-27)26(22-7-3-1-4-8-22)23-9-5-2-6-10-23/h1-14,24,26,28H,15-20H2. The quantitative estimate of drug-likeness (QED) is 0.638. The number of anilines is 1. The van der Waals surface area contributed by atoms with Gasteiger partial charge in [-0.05, 0) is 54.0 Å². The van der Waals surface area contributed by atoms with E-state index in [-0.39, 0.29) is 6.61 Å². The Morgan fingerprint density at radius 2 is 1.29 bits per heavy atom. The van der Waals surface area contributed by atoms with Gasteiger partial charge < -0.3 is 10.0 Å². The van der Waals surface area contributed by atoms with E-state index in [1.165, 1.54) is 35.2 Å². The molecule has 0 saturated carbocycles. The van der Waals surface area contributed by atoms with Crippen molar-refractivity contribution in [1.82, 2.24) is 0 Å². The lowest BCUT2D eigenvalue weighted by atomic mass is 9.76. The lowest BCUT2D eigenvalue weighted by Gasteiger charge is -2.38. The predicted octanol–water partition coefficient (Wildman–Crippen LogP) is 5.27. The molecular formula is C26H29NO. The van der Waals surface area contributed by atoms with Crippen molar-refractivity contribution in [2.45, 2.75) is 25.2 Å². The highest BCUT2D eigenvalue weighted by molar-refractivity contribution is 5.48. The van der Waals surface area contributed by atoms with E-state index >= 15 is 0 Å². The molecule has 0 amide bonds. The molecule has 1 aliphatic rings. The number of rotatable bonds is 6. The Morgan fingerprint density at radius 3 is 1.79 bits per heavy atom. The average molecular weight is 372 g/mol. The van der Waals surface area contributed by atoms with E-state index < -0.39 is 0 Å². The maximum absolute atomic E-state index is 9.10. The Morgan fingerprint density at radius 1 is 0.750 bits per heavy atom. The summed E-state index contributed by atoms with van der Waals surface area (Å²) < 4.78 is 0. The summed E-state index contributed by atoms with van der Waals surface area (Å²) in [5, 5.41) is 9.10. The molecule has 0 radical (unpaired) electrons. The lowest BCUT2D eigenvalue weighted by Crippen LogP contribution is -2.35. The van der Waals surface area contributed by atoms with Crippen molar-refractivity contribution < 1.29 is 5.11 Å². The maximum atomic E-state index is 9.10. The summed E-state index contributed by atoms with van der Waals surface area (Å²) >= 11 is 0. The van der Waals surface area contributed by atoms with Crippen LogP contribution in [-0.2, 0) is 6.42 Å². The highest BCUT2D eigenvalue weighted by atomic mass is 16.2. The monoisotopic (exact) mass is 371 g/mol. The maximum Gasteiger partial charge on any atom is 0.0471 e. The molecule has 1 saturated heterocycles. The van der Waals surface area contributed by atoms with E-state index in [4.69, 9.17) is 5.11 Å². The van der Waals surface area contributed by atoms with Gasteiger partial charge in [0.15, 0.2) is 0 Å². The molecule has 0 atom stereocenters. The summed E-state index contributed by atoms with van der Waals surface area (Å²) in [5.41, 5.74) is 5.37. The van der Waals surface area contributed by atoms with E-state index in [9.17, 15) is 0 Å². The molecule has 2 nitrogen and oxygen atoms in total. The largest absolute Gasteiger partial charge is 0.396 e. The van der Waals surface area contributed by atoms with Crippen molar-refractivity contribution in [2.24, 2.45) is 5.92 Å². The fourth-order valence-electron chi connectivity index (χ4n) is 4.55. The van der Waals surface area contributed by atoms with Gasteiger partial charge in [0, 0.05) is 31.3 Å². The zero-order valence-electron chi connectivity index (χ0n) is 16.4. The first-order valence-corrected chi connectivity index (χ1v) is 10.4. The Bertz CT molecular complexity index is 797. The second-order valence-electron chi connectivity index (χ2n) is 7.76. The second-order valence-corrected chi connectivity index (χ2v) is 7.76. The topological polar surface area (TPSA) is 23.5 Å². The summed E-state index contributed by atoms with van der Waals surface area (Å²) in [6, 6.07) is 30.7. The van der Waals surface area contributed by atoms with Crippen LogP contribution < -0.4 is 4.90 Å². The van der Waals surface area contributed by atoms with Gasteiger partial charge in [0.25, 0.3) is 0 Å². The highest BCUT2D eigenvalue weighted by Gasteiger charge is 2.28. The summed E-state index contributed by atoms with van der Waals surface area (Å²) in [6.45, 7) is 2.41. The van der Waals surface area contributed by atoms with Gasteiger partial charge in [-0.2, -0.15) is 0 Å². The van der Waals surface area contributed by atoms with Crippen LogP contribution in [-0.4, -0.2) is 24.8 Å². The minimum absolute atomic E-state index is 0.213. The normalized spacial score (nSPS) is 15.1. The van der Waals surface area contributed by atoms with Crippen molar-refractivity contribution in [2.75, 3.05) is 24.6 Å². The van der Waals surface area contributed by atoms with Crippen LogP contribution in [0.3, 0.4) is 0 Å². The first-order valence-electron chi connectivity index (χ1n) is 10.4. The van der Waals surface area contributed by atoms with Gasteiger partial charge in [0.1, 0.15) is 0 Å². The van der Waals surface area contributed by atoms with Crippen LogP contribution in [0.4, 0.5) is 5.69 Å². The third-order valence-electron chi connectivity index (χ3n) is 6.03. The third-order valence-corrected chi connectivity index (χ3v) is 6.03. The number of nitrogens with zero attached hydrogens (tertiary/aromatic N) is 1. The Hall–Kier alpha value is -2.58. The van der Waals surface area contributed by atoms with Crippen molar-refractivity contribution in [3.8, 4) is 0 Å². The minimum Gasteiger partial charge on any atom is -0.396 e. The molecule has 1 heterocycles. The fourth-order valence-corrected chi connectivity index (χ4v) is 4.55. The summed E-state index contributed by atoms with van der Waals surface area (Å²) in [7, 11) is 0. The molecule has 28 heavy (non-hydrogen) atoms. The molecule has 1 N–H and O–H groups in total. The molecule has 0 aliphatic carbocycles. The third kappa shape index (κ3) is 4.28. The van der Waals surface area contributed by atoms with Crippen LogP contribution in [0, 0.1) is 5.92 Å². The number of aliphatic hydroxyl groups excluding tert-OH is 1. The van der Waals surface area contributed by atoms with Gasteiger partial charge in [-0.1, -0.05) is 72.8 Å². The molecule has 3 aromatic carbocycles. The molecule has 0 spiro atoms. The molecule has 1 aliphatic heterocycles. The number of benzene rings is 3. The van der Waals surface area contributed by atoms with Crippen molar-refractivity contribution in [1.29, 1.82) is 0 Å². The molecule has 3 aromatic rings. The summed E-state index contributed by atoms with van der Waals surface area (Å²) in [4.78, 5) is 2.51. The summed E-state index contributed by atoms with van der Waals surface area (Å²) in [5.74, 6) is 1.13. The van der Waals surface area contributed by atoms with Gasteiger partial charge in [0.2, 0.25) is 0 Å². The number of hydrogen-bond donors (Lipinski definition) is 1. The Labute approximate surface area is 168 Å². The molecule has 0 unspecified atom stereocenters. The highest BCUT2D eigenvalue weighted by Crippen LogP contribution is 2.38. The van der Waals surface area contributed by atoms with Crippen LogP contribution in [0.1, 0.15) is 35.4 Å². The molecule has 144 valence electrons. The number of hydrogen-bond acceptors (Lipinski definition) is 2. The van der Waals surface area contributed by atoms with Gasteiger partial charge in [0.05, 0.1) is 0 Å². The van der Waals surface area contributed by atoms with Crippen molar-refractivity contribution >= 4 is 5.69 Å². The van der Waals surface area contributed by atoms with Crippen molar-refractivity contribution in [3.05, 3.63) is 102 Å². The molecule has 4 rings (SSSR count). The first kappa shape index (κ1) is 18.8. The zero-order valence-corrected chi connectivity index (χ0v) is 16.4. The van der Waals surface area contributed by atoms with Gasteiger partial charge in [-0.15, -0.1) is 0 Å².